The van der Waals surface area contributed by atoms with Gasteiger partial charge in [-0.2, -0.15) is 8.78 Å². The molecule has 3 nitrogen and oxygen atoms in total. The fraction of sp³-hybridized carbons (Fsp3) is 0.533. The molecule has 1 aromatic carbocycles. The number of carbonyl (C=O) groups is 1. The van der Waals surface area contributed by atoms with Crippen molar-refractivity contribution in [3.8, 4) is 5.75 Å². The van der Waals surface area contributed by atoms with E-state index in [1.54, 1.807) is 0 Å². The highest BCUT2D eigenvalue weighted by molar-refractivity contribution is 5.77. The summed E-state index contributed by atoms with van der Waals surface area (Å²) in [7, 11) is 0. The Kier molecular flexibility index (Phi) is 4.93. The number of amides is 1. The molecular formula is C15H17F4NO2. The van der Waals surface area contributed by atoms with Crippen LogP contribution in [0.2, 0.25) is 0 Å². The van der Waals surface area contributed by atoms with Gasteiger partial charge in [0.25, 0.3) is 5.91 Å². The van der Waals surface area contributed by atoms with E-state index in [4.69, 9.17) is 4.74 Å². The van der Waals surface area contributed by atoms with E-state index in [2.05, 4.69) is 0 Å². The molecule has 1 heterocycles. The fourth-order valence-corrected chi connectivity index (χ4v) is 2.77. The molecule has 1 fully saturated rings. The van der Waals surface area contributed by atoms with Crippen LogP contribution in [0.4, 0.5) is 17.6 Å². The van der Waals surface area contributed by atoms with Gasteiger partial charge in [0.15, 0.2) is 24.0 Å². The fourth-order valence-electron chi connectivity index (χ4n) is 2.77. The second kappa shape index (κ2) is 6.54. The summed E-state index contributed by atoms with van der Waals surface area (Å²) < 4.78 is 57.6. The van der Waals surface area contributed by atoms with Gasteiger partial charge in [0.1, 0.15) is 0 Å². The third-order valence-corrected chi connectivity index (χ3v) is 3.63. The van der Waals surface area contributed by atoms with Crippen molar-refractivity contribution in [2.24, 2.45) is 11.8 Å². The topological polar surface area (TPSA) is 29.5 Å². The van der Waals surface area contributed by atoms with Crippen LogP contribution in [0.1, 0.15) is 20.3 Å². The quantitative estimate of drug-likeness (QED) is 0.633. The molecule has 0 bridgehead atoms. The number of nitrogens with zero attached hydrogens (tertiary/aromatic N) is 1. The second-order valence-corrected chi connectivity index (χ2v) is 5.83. The molecule has 0 radical (unpaired) electrons. The summed E-state index contributed by atoms with van der Waals surface area (Å²) in [6.45, 7) is 4.37. The average molecular weight is 319 g/mol. The summed E-state index contributed by atoms with van der Waals surface area (Å²) in [5.41, 5.74) is 0. The molecule has 122 valence electrons. The molecule has 2 unspecified atom stereocenters. The van der Waals surface area contributed by atoms with Crippen molar-refractivity contribution >= 4 is 5.91 Å². The average Bonchev–Trinajstić information content (AvgIpc) is 2.44. The number of likely N-dealkylation sites (tertiary alicyclic amines) is 1. The van der Waals surface area contributed by atoms with Crippen LogP contribution in [-0.4, -0.2) is 30.5 Å². The van der Waals surface area contributed by atoms with E-state index in [1.165, 1.54) is 4.90 Å². The molecule has 2 atom stereocenters. The molecule has 0 aromatic heterocycles. The molecule has 0 spiro atoms. The monoisotopic (exact) mass is 319 g/mol. The first kappa shape index (κ1) is 16.6. The number of rotatable bonds is 3. The van der Waals surface area contributed by atoms with Gasteiger partial charge >= 0.3 is 0 Å². The normalized spacial score (nSPS) is 21.8. The van der Waals surface area contributed by atoms with Crippen molar-refractivity contribution in [2.75, 3.05) is 19.7 Å². The highest BCUT2D eigenvalue weighted by atomic mass is 19.2. The van der Waals surface area contributed by atoms with Crippen LogP contribution < -0.4 is 4.74 Å². The first-order chi connectivity index (χ1) is 10.3. The van der Waals surface area contributed by atoms with Gasteiger partial charge in [-0.15, -0.1) is 0 Å². The molecule has 1 aliphatic heterocycles. The van der Waals surface area contributed by atoms with Crippen LogP contribution in [0.25, 0.3) is 0 Å². The van der Waals surface area contributed by atoms with Crippen molar-refractivity contribution in [1.82, 2.24) is 4.90 Å². The Morgan fingerprint density at radius 3 is 2.14 bits per heavy atom. The molecule has 0 aliphatic carbocycles. The molecule has 1 aliphatic rings. The largest absolute Gasteiger partial charge is 0.477 e. The molecular weight excluding hydrogens is 302 g/mol. The number of piperidine rings is 1. The number of halogens is 4. The van der Waals surface area contributed by atoms with Crippen molar-refractivity contribution in [2.45, 2.75) is 20.3 Å². The van der Waals surface area contributed by atoms with E-state index >= 15 is 0 Å². The predicted octanol–water partition coefficient (Wildman–Crippen LogP) is 3.13. The third-order valence-electron chi connectivity index (χ3n) is 3.63. The zero-order chi connectivity index (χ0) is 16.4. The lowest BCUT2D eigenvalue weighted by molar-refractivity contribution is -0.136. The molecule has 2 rings (SSSR count). The van der Waals surface area contributed by atoms with Gasteiger partial charge in [-0.25, -0.2) is 8.78 Å². The number of hydrogen-bond acceptors (Lipinski definition) is 2. The minimum absolute atomic E-state index is 0.0906. The van der Waals surface area contributed by atoms with E-state index in [0.29, 0.717) is 24.9 Å². The lowest BCUT2D eigenvalue weighted by atomic mass is 9.92. The minimum Gasteiger partial charge on any atom is -0.477 e. The molecule has 1 aromatic rings. The van der Waals surface area contributed by atoms with Crippen LogP contribution >= 0.6 is 0 Å². The van der Waals surface area contributed by atoms with E-state index in [-0.39, 0.29) is 6.07 Å². The second-order valence-electron chi connectivity index (χ2n) is 5.83. The molecule has 7 heteroatoms. The molecule has 22 heavy (non-hydrogen) atoms. The maximum Gasteiger partial charge on any atom is 0.260 e. The highest BCUT2D eigenvalue weighted by Crippen LogP contribution is 2.27. The van der Waals surface area contributed by atoms with Crippen molar-refractivity contribution in [3.63, 3.8) is 0 Å². The van der Waals surface area contributed by atoms with Gasteiger partial charge in [-0.1, -0.05) is 13.8 Å². The zero-order valence-electron chi connectivity index (χ0n) is 12.3. The number of hydrogen-bond donors (Lipinski definition) is 0. The standard InChI is InChI=1S/C15H17F4NO2/c1-8-3-9(2)6-20(5-8)12(21)7-22-15-13(18)10(16)4-11(17)14(15)19/h4,8-9H,3,5-7H2,1-2H3. The maximum atomic E-state index is 13.4. The Balaban J connectivity index is 2.06. The molecule has 1 amide bonds. The molecule has 1 saturated heterocycles. The Morgan fingerprint density at radius 1 is 1.14 bits per heavy atom. The molecule has 0 N–H and O–H groups in total. The minimum atomic E-state index is -1.65. The Labute approximate surface area is 125 Å². The van der Waals surface area contributed by atoms with Crippen LogP contribution in [0.3, 0.4) is 0 Å². The van der Waals surface area contributed by atoms with Gasteiger partial charge in [-0.3, -0.25) is 4.79 Å². The predicted molar refractivity (Wildman–Crippen MR) is 71.3 cm³/mol. The maximum absolute atomic E-state index is 13.4. The summed E-state index contributed by atoms with van der Waals surface area (Å²) in [5, 5.41) is 0. The van der Waals surface area contributed by atoms with E-state index in [9.17, 15) is 22.4 Å². The Bertz CT molecular complexity index is 543. The summed E-state index contributed by atoms with van der Waals surface area (Å²) in [4.78, 5) is 13.6. The number of benzene rings is 1. The Hall–Kier alpha value is -1.79. The van der Waals surface area contributed by atoms with Gasteiger partial charge in [0, 0.05) is 19.2 Å². The number of ether oxygens (including phenoxy) is 1. The van der Waals surface area contributed by atoms with Crippen LogP contribution in [0.15, 0.2) is 6.07 Å². The first-order valence-corrected chi connectivity index (χ1v) is 7.03. The van der Waals surface area contributed by atoms with E-state index in [1.807, 2.05) is 13.8 Å². The molecule has 0 saturated carbocycles. The zero-order valence-corrected chi connectivity index (χ0v) is 12.3. The lowest BCUT2D eigenvalue weighted by Gasteiger charge is -2.34. The van der Waals surface area contributed by atoms with Gasteiger partial charge in [0.05, 0.1) is 0 Å². The van der Waals surface area contributed by atoms with Crippen molar-refractivity contribution in [3.05, 3.63) is 29.3 Å². The van der Waals surface area contributed by atoms with E-state index in [0.717, 1.165) is 6.42 Å². The summed E-state index contributed by atoms with van der Waals surface area (Å²) in [6.07, 6.45) is 0.989. The van der Waals surface area contributed by atoms with Gasteiger partial charge < -0.3 is 9.64 Å². The van der Waals surface area contributed by atoms with Crippen LogP contribution in [0, 0.1) is 35.1 Å². The summed E-state index contributed by atoms with van der Waals surface area (Å²) >= 11 is 0. The third kappa shape index (κ3) is 3.51. The number of carbonyl (C=O) groups excluding carboxylic acids is 1. The van der Waals surface area contributed by atoms with Gasteiger partial charge in [-0.05, 0) is 18.3 Å². The van der Waals surface area contributed by atoms with Crippen LogP contribution in [0.5, 0.6) is 5.75 Å². The summed E-state index contributed by atoms with van der Waals surface area (Å²) in [5.74, 6) is -7.48. The first-order valence-electron chi connectivity index (χ1n) is 7.03. The van der Waals surface area contributed by atoms with Crippen molar-refractivity contribution < 1.29 is 27.1 Å². The SMILES string of the molecule is CC1CC(C)CN(C(=O)COc2c(F)c(F)cc(F)c2F)C1. The summed E-state index contributed by atoms with van der Waals surface area (Å²) in [6, 6.07) is 0.0906. The van der Waals surface area contributed by atoms with Crippen molar-refractivity contribution in [1.29, 1.82) is 0 Å². The highest BCUT2D eigenvalue weighted by Gasteiger charge is 2.27. The van der Waals surface area contributed by atoms with Gasteiger partial charge in [0.2, 0.25) is 11.6 Å². The lowest BCUT2D eigenvalue weighted by Crippen LogP contribution is -2.44. The van der Waals surface area contributed by atoms with E-state index < -0.39 is 41.5 Å². The van der Waals surface area contributed by atoms with Crippen LogP contribution in [-0.2, 0) is 4.79 Å². The smallest absolute Gasteiger partial charge is 0.260 e. The Morgan fingerprint density at radius 2 is 1.64 bits per heavy atom.